The number of nitrogens with two attached hydrogens (primary N) is 1. The van der Waals surface area contributed by atoms with Crippen LogP contribution in [-0.2, 0) is 10.0 Å². The van der Waals surface area contributed by atoms with Crippen molar-refractivity contribution in [2.75, 3.05) is 13.1 Å². The predicted octanol–water partition coefficient (Wildman–Crippen LogP) is 1.36. The fraction of sp³-hybridized carbons (Fsp3) is 0.909. The van der Waals surface area contributed by atoms with Crippen LogP contribution in [0.1, 0.15) is 33.6 Å². The Kier molecular flexibility index (Phi) is 4.92. The van der Waals surface area contributed by atoms with Crippen molar-refractivity contribution in [2.24, 2.45) is 17.6 Å². The van der Waals surface area contributed by atoms with Crippen LogP contribution in [0.25, 0.3) is 0 Å². The first kappa shape index (κ1) is 14.9. The minimum absolute atomic E-state index is 0.0818. The summed E-state index contributed by atoms with van der Waals surface area (Å²) in [5.41, 5.74) is 5.53. The highest BCUT2D eigenvalue weighted by Crippen LogP contribution is 2.25. The molecule has 0 aromatic rings. The molecule has 0 amide bonds. The molecular weight excluding hydrogens is 256 g/mol. The van der Waals surface area contributed by atoms with Crippen molar-refractivity contribution in [2.45, 2.75) is 38.9 Å². The Morgan fingerprint density at radius 2 is 1.88 bits per heavy atom. The van der Waals surface area contributed by atoms with Gasteiger partial charge < -0.3 is 5.73 Å². The first-order chi connectivity index (χ1) is 7.78. The lowest BCUT2D eigenvalue weighted by Gasteiger charge is -2.35. The third kappa shape index (κ3) is 3.39. The van der Waals surface area contributed by atoms with Gasteiger partial charge >= 0.3 is 0 Å². The van der Waals surface area contributed by atoms with Crippen LogP contribution >= 0.6 is 12.2 Å². The number of hydrogen-bond donors (Lipinski definition) is 1. The second-order valence-corrected chi connectivity index (χ2v) is 7.69. The molecule has 100 valence electrons. The fourth-order valence-corrected chi connectivity index (χ4v) is 5.08. The van der Waals surface area contributed by atoms with Crippen molar-refractivity contribution in [3.8, 4) is 0 Å². The van der Waals surface area contributed by atoms with E-state index in [-0.39, 0.29) is 4.99 Å². The van der Waals surface area contributed by atoms with Gasteiger partial charge in [0.2, 0.25) is 10.0 Å². The summed E-state index contributed by atoms with van der Waals surface area (Å²) >= 11 is 4.86. The molecule has 1 aliphatic heterocycles. The van der Waals surface area contributed by atoms with Crippen LogP contribution in [-0.4, -0.2) is 36.1 Å². The van der Waals surface area contributed by atoms with E-state index in [9.17, 15) is 8.42 Å². The molecule has 3 unspecified atom stereocenters. The topological polar surface area (TPSA) is 63.4 Å². The summed E-state index contributed by atoms with van der Waals surface area (Å²) in [6.45, 7) is 7.15. The molecule has 1 saturated heterocycles. The van der Waals surface area contributed by atoms with Gasteiger partial charge in [-0.1, -0.05) is 33.0 Å². The minimum Gasteiger partial charge on any atom is -0.392 e. The molecule has 0 saturated carbocycles. The maximum atomic E-state index is 12.4. The van der Waals surface area contributed by atoms with Crippen LogP contribution in [0, 0.1) is 11.8 Å². The molecule has 1 heterocycles. The van der Waals surface area contributed by atoms with E-state index >= 15 is 0 Å². The summed E-state index contributed by atoms with van der Waals surface area (Å²) in [7, 11) is -3.37. The Hall–Kier alpha value is -0.200. The number of thiocarbonyl (C=S) groups is 1. The summed E-state index contributed by atoms with van der Waals surface area (Å²) in [6.07, 6.45) is 1.52. The van der Waals surface area contributed by atoms with Gasteiger partial charge in [-0.3, -0.25) is 0 Å². The van der Waals surface area contributed by atoms with E-state index in [1.54, 1.807) is 11.2 Å². The van der Waals surface area contributed by atoms with Crippen LogP contribution in [0.2, 0.25) is 0 Å². The van der Waals surface area contributed by atoms with Gasteiger partial charge in [0.15, 0.2) is 0 Å². The van der Waals surface area contributed by atoms with Crippen LogP contribution in [0.3, 0.4) is 0 Å². The molecule has 1 rings (SSSR count). The van der Waals surface area contributed by atoms with Crippen molar-refractivity contribution in [1.29, 1.82) is 0 Å². The van der Waals surface area contributed by atoms with Crippen LogP contribution in [0.4, 0.5) is 0 Å². The highest BCUT2D eigenvalue weighted by atomic mass is 32.2. The summed E-state index contributed by atoms with van der Waals surface area (Å²) in [6, 6.07) is 0. The van der Waals surface area contributed by atoms with Gasteiger partial charge in [0.1, 0.15) is 5.25 Å². The second-order valence-electron chi connectivity index (χ2n) is 5.11. The maximum Gasteiger partial charge on any atom is 0.223 e. The number of nitrogens with zero attached hydrogens (tertiary/aromatic N) is 1. The van der Waals surface area contributed by atoms with Crippen molar-refractivity contribution < 1.29 is 8.42 Å². The van der Waals surface area contributed by atoms with Gasteiger partial charge in [0.25, 0.3) is 0 Å². The summed E-state index contributed by atoms with van der Waals surface area (Å²) < 4.78 is 26.4. The molecule has 4 nitrogen and oxygen atoms in total. The molecular formula is C11H22N2O2S2. The first-order valence-electron chi connectivity index (χ1n) is 6.07. The Balaban J connectivity index is 2.93. The van der Waals surface area contributed by atoms with E-state index in [0.717, 1.165) is 6.42 Å². The van der Waals surface area contributed by atoms with Crippen molar-refractivity contribution in [3.63, 3.8) is 0 Å². The molecule has 0 aromatic carbocycles. The Bertz CT molecular complexity index is 371. The Morgan fingerprint density at radius 1 is 1.41 bits per heavy atom. The van der Waals surface area contributed by atoms with Gasteiger partial charge in [0, 0.05) is 13.1 Å². The Morgan fingerprint density at radius 3 is 2.24 bits per heavy atom. The largest absolute Gasteiger partial charge is 0.392 e. The highest BCUT2D eigenvalue weighted by Gasteiger charge is 2.36. The maximum absolute atomic E-state index is 12.4. The first-order valence-corrected chi connectivity index (χ1v) is 7.98. The number of piperidine rings is 1. The van der Waals surface area contributed by atoms with Gasteiger partial charge in [0.05, 0.1) is 4.99 Å². The molecule has 0 aromatic heterocycles. The molecule has 0 aliphatic carbocycles. The van der Waals surface area contributed by atoms with Gasteiger partial charge in [-0.05, 0) is 24.7 Å². The molecule has 0 radical (unpaired) electrons. The summed E-state index contributed by atoms with van der Waals surface area (Å²) in [5, 5.41) is -0.713. The molecule has 0 spiro atoms. The molecule has 1 fully saturated rings. The van der Waals surface area contributed by atoms with E-state index < -0.39 is 15.3 Å². The zero-order chi connectivity index (χ0) is 13.2. The number of hydrogen-bond acceptors (Lipinski definition) is 3. The van der Waals surface area contributed by atoms with Crippen molar-refractivity contribution in [3.05, 3.63) is 0 Å². The van der Waals surface area contributed by atoms with E-state index in [4.69, 9.17) is 18.0 Å². The average molecular weight is 278 g/mol. The third-order valence-corrected chi connectivity index (χ3v) is 6.00. The Labute approximate surface area is 110 Å². The highest BCUT2D eigenvalue weighted by molar-refractivity contribution is 7.92. The lowest BCUT2D eigenvalue weighted by atomic mass is 9.94. The number of sulfonamides is 1. The lowest BCUT2D eigenvalue weighted by molar-refractivity contribution is 0.222. The molecule has 1 aliphatic rings. The normalized spacial score (nSPS) is 28.9. The lowest BCUT2D eigenvalue weighted by Crippen LogP contribution is -2.49. The van der Waals surface area contributed by atoms with Gasteiger partial charge in [-0.15, -0.1) is 0 Å². The van der Waals surface area contributed by atoms with Crippen LogP contribution < -0.4 is 5.73 Å². The predicted molar refractivity (Wildman–Crippen MR) is 74.3 cm³/mol. The van der Waals surface area contributed by atoms with E-state index in [2.05, 4.69) is 13.8 Å². The SMILES string of the molecule is CCC(C(N)=S)S(=O)(=O)N1CC(C)CC(C)C1. The minimum atomic E-state index is -3.37. The quantitative estimate of drug-likeness (QED) is 0.789. The van der Waals surface area contributed by atoms with E-state index in [1.165, 1.54) is 0 Å². The van der Waals surface area contributed by atoms with E-state index in [0.29, 0.717) is 31.3 Å². The zero-order valence-corrected chi connectivity index (χ0v) is 12.4. The summed E-state index contributed by atoms with van der Waals surface area (Å²) in [5.74, 6) is 0.801. The standard InChI is InChI=1S/C11H22N2O2S2/c1-4-10(11(12)16)17(14,15)13-6-8(2)5-9(3)7-13/h8-10H,4-7H2,1-3H3,(H2,12,16). The monoisotopic (exact) mass is 278 g/mol. The number of rotatable bonds is 4. The van der Waals surface area contributed by atoms with Crippen LogP contribution in [0.15, 0.2) is 0 Å². The van der Waals surface area contributed by atoms with Crippen molar-refractivity contribution >= 4 is 27.2 Å². The average Bonchev–Trinajstić information content (AvgIpc) is 2.15. The second kappa shape index (κ2) is 5.63. The molecule has 17 heavy (non-hydrogen) atoms. The van der Waals surface area contributed by atoms with E-state index in [1.807, 2.05) is 0 Å². The molecule has 2 N–H and O–H groups in total. The fourth-order valence-electron chi connectivity index (χ4n) is 2.55. The van der Waals surface area contributed by atoms with Crippen molar-refractivity contribution in [1.82, 2.24) is 4.31 Å². The van der Waals surface area contributed by atoms with Gasteiger partial charge in [-0.25, -0.2) is 12.7 Å². The molecule has 6 heteroatoms. The summed E-state index contributed by atoms with van der Waals surface area (Å²) in [4.78, 5) is 0.0818. The smallest absolute Gasteiger partial charge is 0.223 e. The van der Waals surface area contributed by atoms with Gasteiger partial charge in [-0.2, -0.15) is 0 Å². The molecule has 3 atom stereocenters. The third-order valence-electron chi connectivity index (χ3n) is 3.24. The zero-order valence-electron chi connectivity index (χ0n) is 10.7. The van der Waals surface area contributed by atoms with Crippen LogP contribution in [0.5, 0.6) is 0 Å². The molecule has 0 bridgehead atoms.